The summed E-state index contributed by atoms with van der Waals surface area (Å²) in [7, 11) is 0. The summed E-state index contributed by atoms with van der Waals surface area (Å²) in [6.45, 7) is 2.35. The average Bonchev–Trinajstić information content (AvgIpc) is 3.03. The third-order valence-corrected chi connectivity index (χ3v) is 5.84. The number of rotatable bonds is 8. The molecule has 2 aromatic heterocycles. The van der Waals surface area contributed by atoms with Crippen LogP contribution in [0.2, 0.25) is 0 Å². The summed E-state index contributed by atoms with van der Waals surface area (Å²) in [4.78, 5) is 45.2. The van der Waals surface area contributed by atoms with Gasteiger partial charge in [-0.3, -0.25) is 14.4 Å². The van der Waals surface area contributed by atoms with Crippen molar-refractivity contribution in [2.24, 2.45) is 0 Å². The highest BCUT2D eigenvalue weighted by Crippen LogP contribution is 2.33. The smallest absolute Gasteiger partial charge is 0.306 e. The molecule has 8 heteroatoms. The number of thiophene rings is 1. The normalized spacial score (nSPS) is 13.4. The first-order chi connectivity index (χ1) is 13.1. The van der Waals surface area contributed by atoms with Gasteiger partial charge in [0.25, 0.3) is 11.5 Å². The molecule has 1 aliphatic rings. The third-order valence-electron chi connectivity index (χ3n) is 4.66. The first-order valence-corrected chi connectivity index (χ1v) is 10.4. The lowest BCUT2D eigenvalue weighted by Crippen LogP contribution is -2.29. The molecule has 146 valence electrons. The molecule has 2 aromatic rings. The third kappa shape index (κ3) is 4.94. The van der Waals surface area contributed by atoms with Crippen LogP contribution in [-0.2, 0) is 33.6 Å². The van der Waals surface area contributed by atoms with Gasteiger partial charge in [0, 0.05) is 17.8 Å². The van der Waals surface area contributed by atoms with Crippen molar-refractivity contribution in [3.05, 3.63) is 26.6 Å². The van der Waals surface area contributed by atoms with Gasteiger partial charge in [-0.1, -0.05) is 13.3 Å². The van der Waals surface area contributed by atoms with Gasteiger partial charge in [-0.05, 0) is 37.7 Å². The lowest BCUT2D eigenvalue weighted by atomic mass is 9.97. The van der Waals surface area contributed by atoms with Crippen molar-refractivity contribution in [1.82, 2.24) is 15.3 Å². The highest BCUT2D eigenvalue weighted by atomic mass is 32.1. The summed E-state index contributed by atoms with van der Waals surface area (Å²) in [5.74, 6) is -0.293. The van der Waals surface area contributed by atoms with Crippen molar-refractivity contribution >= 4 is 33.4 Å². The number of hydrogen-bond acceptors (Lipinski definition) is 6. The molecule has 27 heavy (non-hydrogen) atoms. The van der Waals surface area contributed by atoms with E-state index in [9.17, 15) is 14.4 Å². The molecule has 0 radical (unpaired) electrons. The maximum Gasteiger partial charge on any atom is 0.306 e. The Morgan fingerprint density at radius 1 is 1.30 bits per heavy atom. The van der Waals surface area contributed by atoms with Gasteiger partial charge in [-0.25, -0.2) is 4.98 Å². The predicted molar refractivity (Wildman–Crippen MR) is 104 cm³/mol. The SMILES string of the molecule is CCCCNC(=O)COC(=O)CCc1nc2sc3c(c2c(=O)[nH]1)CCCC3. The van der Waals surface area contributed by atoms with Gasteiger partial charge in [0.1, 0.15) is 10.7 Å². The second-order valence-electron chi connectivity index (χ2n) is 6.77. The van der Waals surface area contributed by atoms with Gasteiger partial charge in [0.15, 0.2) is 6.61 Å². The quantitative estimate of drug-likeness (QED) is 0.531. The second-order valence-corrected chi connectivity index (χ2v) is 7.85. The van der Waals surface area contributed by atoms with Gasteiger partial charge in [0.2, 0.25) is 0 Å². The summed E-state index contributed by atoms with van der Waals surface area (Å²) in [6, 6.07) is 0. The fourth-order valence-corrected chi connectivity index (χ4v) is 4.50. The molecule has 0 atom stereocenters. The zero-order valence-electron chi connectivity index (χ0n) is 15.6. The van der Waals surface area contributed by atoms with Gasteiger partial charge in [-0.2, -0.15) is 0 Å². The largest absolute Gasteiger partial charge is 0.456 e. The number of nitrogens with one attached hydrogen (secondary N) is 2. The molecule has 0 unspecified atom stereocenters. The van der Waals surface area contributed by atoms with Gasteiger partial charge in [-0.15, -0.1) is 11.3 Å². The van der Waals surface area contributed by atoms with Crippen molar-refractivity contribution in [2.75, 3.05) is 13.2 Å². The summed E-state index contributed by atoms with van der Waals surface area (Å²) < 4.78 is 4.97. The van der Waals surface area contributed by atoms with Crippen molar-refractivity contribution in [1.29, 1.82) is 0 Å². The van der Waals surface area contributed by atoms with Gasteiger partial charge < -0.3 is 15.0 Å². The van der Waals surface area contributed by atoms with Crippen LogP contribution in [-0.4, -0.2) is 35.0 Å². The molecule has 1 aliphatic carbocycles. The van der Waals surface area contributed by atoms with Crippen molar-refractivity contribution < 1.29 is 14.3 Å². The fraction of sp³-hybridized carbons (Fsp3) is 0.579. The van der Waals surface area contributed by atoms with E-state index in [0.717, 1.165) is 48.9 Å². The molecular weight excluding hydrogens is 366 g/mol. The van der Waals surface area contributed by atoms with E-state index >= 15 is 0 Å². The number of hydrogen-bond donors (Lipinski definition) is 2. The second kappa shape index (κ2) is 9.12. The minimum atomic E-state index is -0.478. The molecule has 0 aromatic carbocycles. The number of carbonyl (C=O) groups excluding carboxylic acids is 2. The molecule has 0 bridgehead atoms. The summed E-state index contributed by atoms with van der Waals surface area (Å²) >= 11 is 1.59. The molecule has 0 aliphatic heterocycles. The van der Waals surface area contributed by atoms with E-state index in [2.05, 4.69) is 15.3 Å². The van der Waals surface area contributed by atoms with Crippen LogP contribution in [0.15, 0.2) is 4.79 Å². The zero-order chi connectivity index (χ0) is 19.2. The Balaban J connectivity index is 1.55. The van der Waals surface area contributed by atoms with E-state index in [0.29, 0.717) is 17.8 Å². The number of ether oxygens (including phenoxy) is 1. The first-order valence-electron chi connectivity index (χ1n) is 9.54. The van der Waals surface area contributed by atoms with Crippen molar-refractivity contribution in [3.8, 4) is 0 Å². The minimum Gasteiger partial charge on any atom is -0.456 e. The van der Waals surface area contributed by atoms with Crippen LogP contribution in [0.4, 0.5) is 0 Å². The maximum absolute atomic E-state index is 12.5. The molecule has 0 spiro atoms. The zero-order valence-corrected chi connectivity index (χ0v) is 16.4. The van der Waals surface area contributed by atoms with Crippen LogP contribution in [0.3, 0.4) is 0 Å². The van der Waals surface area contributed by atoms with Crippen LogP contribution < -0.4 is 10.9 Å². The summed E-state index contributed by atoms with van der Waals surface area (Å²) in [6.07, 6.45) is 6.45. The number of amides is 1. The molecule has 2 N–H and O–H groups in total. The lowest BCUT2D eigenvalue weighted by molar-refractivity contribution is -0.148. The average molecular weight is 391 g/mol. The Morgan fingerprint density at radius 2 is 2.11 bits per heavy atom. The summed E-state index contributed by atoms with van der Waals surface area (Å²) in [5, 5.41) is 3.40. The monoisotopic (exact) mass is 391 g/mol. The van der Waals surface area contributed by atoms with E-state index in [1.54, 1.807) is 11.3 Å². The molecule has 1 amide bonds. The van der Waals surface area contributed by atoms with E-state index in [1.807, 2.05) is 6.92 Å². The predicted octanol–water partition coefficient (Wildman–Crippen LogP) is 2.26. The number of fused-ring (bicyclic) bond motifs is 3. The summed E-state index contributed by atoms with van der Waals surface area (Å²) in [5.41, 5.74) is 1.02. The highest BCUT2D eigenvalue weighted by molar-refractivity contribution is 7.18. The highest BCUT2D eigenvalue weighted by Gasteiger charge is 2.20. The number of nitrogens with zero attached hydrogens (tertiary/aromatic N) is 1. The van der Waals surface area contributed by atoms with Crippen LogP contribution in [0.25, 0.3) is 10.2 Å². The molecule has 0 saturated carbocycles. The van der Waals surface area contributed by atoms with E-state index in [-0.39, 0.29) is 30.9 Å². The van der Waals surface area contributed by atoms with Gasteiger partial charge >= 0.3 is 5.97 Å². The van der Waals surface area contributed by atoms with Crippen molar-refractivity contribution in [2.45, 2.75) is 58.3 Å². The number of H-pyrrole nitrogens is 1. The topological polar surface area (TPSA) is 101 Å². The standard InChI is InChI=1S/C19H25N3O4S/c1-2-3-10-20-15(23)11-26-16(24)9-8-14-21-18(25)17-12-6-4-5-7-13(12)27-19(17)22-14/h2-11H2,1H3,(H,20,23)(H,21,22,25). The van der Waals surface area contributed by atoms with Crippen LogP contribution in [0, 0.1) is 0 Å². The Labute approximate surface area is 161 Å². The Bertz CT molecular complexity index is 887. The van der Waals surface area contributed by atoms with E-state index in [1.165, 1.54) is 4.88 Å². The number of carbonyl (C=O) groups is 2. The number of aryl methyl sites for hydroxylation is 3. The minimum absolute atomic E-state index is 0.0712. The Morgan fingerprint density at radius 3 is 2.93 bits per heavy atom. The molecule has 3 rings (SSSR count). The molecule has 7 nitrogen and oxygen atoms in total. The molecule has 0 saturated heterocycles. The lowest BCUT2D eigenvalue weighted by Gasteiger charge is -2.09. The van der Waals surface area contributed by atoms with Crippen LogP contribution >= 0.6 is 11.3 Å². The maximum atomic E-state index is 12.5. The van der Waals surface area contributed by atoms with Crippen LogP contribution in [0.5, 0.6) is 0 Å². The van der Waals surface area contributed by atoms with E-state index < -0.39 is 5.97 Å². The van der Waals surface area contributed by atoms with Crippen molar-refractivity contribution in [3.63, 3.8) is 0 Å². The number of unbranched alkanes of at least 4 members (excludes halogenated alkanes) is 1. The number of aromatic amines is 1. The van der Waals surface area contributed by atoms with Crippen LogP contribution in [0.1, 0.15) is 55.3 Å². The number of esters is 1. The van der Waals surface area contributed by atoms with Gasteiger partial charge in [0.05, 0.1) is 11.8 Å². The fourth-order valence-electron chi connectivity index (χ4n) is 3.22. The number of aromatic nitrogens is 2. The molecule has 0 fully saturated rings. The Hall–Kier alpha value is -2.22. The van der Waals surface area contributed by atoms with E-state index in [4.69, 9.17) is 4.74 Å². The first kappa shape index (κ1) is 19.5. The Kier molecular flexibility index (Phi) is 6.60. The molecular formula is C19H25N3O4S. The molecule has 2 heterocycles.